The monoisotopic (exact) mass is 278 g/mol. The Hall–Kier alpha value is -1.09. The van der Waals surface area contributed by atoms with Crippen LogP contribution in [-0.4, -0.2) is 22.3 Å². The summed E-state index contributed by atoms with van der Waals surface area (Å²) in [6.07, 6.45) is 3.90. The van der Waals surface area contributed by atoms with Gasteiger partial charge >= 0.3 is 0 Å². The first-order valence-corrected chi connectivity index (χ1v) is 8.33. The molecule has 2 rings (SSSR count). The minimum absolute atomic E-state index is 0.123. The van der Waals surface area contributed by atoms with Gasteiger partial charge in [-0.2, -0.15) is 0 Å². The van der Waals surface area contributed by atoms with Gasteiger partial charge in [-0.25, -0.2) is 0 Å². The van der Waals surface area contributed by atoms with Gasteiger partial charge in [0.25, 0.3) is 0 Å². The van der Waals surface area contributed by atoms with E-state index in [2.05, 4.69) is 26.0 Å². The number of rotatable bonds is 5. The zero-order valence-corrected chi connectivity index (χ0v) is 12.5. The average molecular weight is 278 g/mol. The lowest BCUT2D eigenvalue weighted by Crippen LogP contribution is -2.25. The van der Waals surface area contributed by atoms with Crippen LogP contribution in [0.1, 0.15) is 32.3 Å². The molecule has 0 radical (unpaired) electrons. The summed E-state index contributed by atoms with van der Waals surface area (Å²) in [4.78, 5) is 0. The van der Waals surface area contributed by atoms with Crippen LogP contribution < -0.4 is 0 Å². The molecule has 1 aromatic carbocycles. The second kappa shape index (κ2) is 6.38. The van der Waals surface area contributed by atoms with E-state index in [0.29, 0.717) is 6.61 Å². The Morgan fingerprint density at radius 3 is 2.74 bits per heavy atom. The summed E-state index contributed by atoms with van der Waals surface area (Å²) in [5.74, 6) is 1.63. The van der Waals surface area contributed by atoms with E-state index in [4.69, 9.17) is 4.74 Å². The molecule has 2 nitrogen and oxygen atoms in total. The van der Waals surface area contributed by atoms with Gasteiger partial charge in [-0.15, -0.1) is 0 Å². The molecule has 2 atom stereocenters. The van der Waals surface area contributed by atoms with Crippen LogP contribution in [0.2, 0.25) is 0 Å². The largest absolute Gasteiger partial charge is 0.500 e. The molecule has 0 amide bonds. The molecule has 0 aliphatic carbocycles. The Bertz CT molecular complexity index is 467. The maximum absolute atomic E-state index is 11.6. The first-order valence-electron chi connectivity index (χ1n) is 6.84. The highest BCUT2D eigenvalue weighted by Gasteiger charge is 2.36. The maximum Gasteiger partial charge on any atom is 0.0938 e. The molecule has 3 heteroatoms. The third-order valence-corrected chi connectivity index (χ3v) is 5.55. The van der Waals surface area contributed by atoms with Crippen LogP contribution in [0.4, 0.5) is 0 Å². The summed E-state index contributed by atoms with van der Waals surface area (Å²) in [7, 11) is -0.643. The van der Waals surface area contributed by atoms with E-state index >= 15 is 0 Å². The van der Waals surface area contributed by atoms with Crippen molar-refractivity contribution in [2.75, 3.05) is 18.1 Å². The molecule has 0 spiro atoms. The zero-order chi connectivity index (χ0) is 13.7. The SMILES string of the molecule is CCC1(CO/C=C(/C)c2ccccc2)CCS(=O)C1. The minimum atomic E-state index is -0.643. The van der Waals surface area contributed by atoms with Crippen LogP contribution in [0.3, 0.4) is 0 Å². The van der Waals surface area contributed by atoms with Crippen molar-refractivity contribution in [2.24, 2.45) is 5.41 Å². The first kappa shape index (κ1) is 14.3. The summed E-state index contributed by atoms with van der Waals surface area (Å²) in [5, 5.41) is 0. The lowest BCUT2D eigenvalue weighted by Gasteiger charge is -2.25. The molecule has 0 N–H and O–H groups in total. The molecular formula is C16H22O2S. The summed E-state index contributed by atoms with van der Waals surface area (Å²) in [6.45, 7) is 4.90. The Morgan fingerprint density at radius 2 is 2.16 bits per heavy atom. The fraction of sp³-hybridized carbons (Fsp3) is 0.500. The molecule has 1 saturated heterocycles. The lowest BCUT2D eigenvalue weighted by atomic mass is 9.86. The smallest absolute Gasteiger partial charge is 0.0938 e. The van der Waals surface area contributed by atoms with Gasteiger partial charge in [0.15, 0.2) is 0 Å². The van der Waals surface area contributed by atoms with Crippen LogP contribution in [0.5, 0.6) is 0 Å². The molecule has 1 aliphatic rings. The number of ether oxygens (including phenoxy) is 1. The molecular weight excluding hydrogens is 256 g/mol. The predicted molar refractivity (Wildman–Crippen MR) is 81.3 cm³/mol. The number of benzene rings is 1. The van der Waals surface area contributed by atoms with Gasteiger partial charge in [0, 0.05) is 27.7 Å². The Morgan fingerprint density at radius 1 is 1.42 bits per heavy atom. The molecule has 1 heterocycles. The van der Waals surface area contributed by atoms with Gasteiger partial charge in [-0.1, -0.05) is 37.3 Å². The zero-order valence-electron chi connectivity index (χ0n) is 11.7. The van der Waals surface area contributed by atoms with Crippen molar-refractivity contribution in [1.82, 2.24) is 0 Å². The second-order valence-electron chi connectivity index (χ2n) is 5.37. The van der Waals surface area contributed by atoms with Gasteiger partial charge in [-0.05, 0) is 30.9 Å². The van der Waals surface area contributed by atoms with Crippen molar-refractivity contribution in [3.63, 3.8) is 0 Å². The van der Waals surface area contributed by atoms with Crippen LogP contribution in [0.25, 0.3) is 5.57 Å². The summed E-state index contributed by atoms with van der Waals surface area (Å²) in [5.41, 5.74) is 2.44. The van der Waals surface area contributed by atoms with E-state index < -0.39 is 10.8 Å². The van der Waals surface area contributed by atoms with E-state index in [1.165, 1.54) is 5.56 Å². The third kappa shape index (κ3) is 3.69. The minimum Gasteiger partial charge on any atom is -0.500 e. The Labute approximate surface area is 118 Å². The van der Waals surface area contributed by atoms with Crippen molar-refractivity contribution in [2.45, 2.75) is 26.7 Å². The molecule has 2 unspecified atom stereocenters. The summed E-state index contributed by atoms with van der Waals surface area (Å²) < 4.78 is 17.4. The Kier molecular flexibility index (Phi) is 4.81. The fourth-order valence-electron chi connectivity index (χ4n) is 2.42. The van der Waals surface area contributed by atoms with Gasteiger partial charge in [-0.3, -0.25) is 4.21 Å². The van der Waals surface area contributed by atoms with Crippen molar-refractivity contribution in [3.8, 4) is 0 Å². The third-order valence-electron chi connectivity index (χ3n) is 3.96. The highest BCUT2D eigenvalue weighted by atomic mass is 32.2. The summed E-state index contributed by atoms with van der Waals surface area (Å²) >= 11 is 0. The number of allylic oxidation sites excluding steroid dienone is 1. The van der Waals surface area contributed by atoms with E-state index in [1.807, 2.05) is 24.5 Å². The number of hydrogen-bond acceptors (Lipinski definition) is 2. The molecule has 0 saturated carbocycles. The van der Waals surface area contributed by atoms with Gasteiger partial charge in [0.05, 0.1) is 12.9 Å². The molecule has 19 heavy (non-hydrogen) atoms. The first-order chi connectivity index (χ1) is 9.15. The molecule has 1 aromatic rings. The summed E-state index contributed by atoms with van der Waals surface area (Å²) in [6, 6.07) is 10.2. The van der Waals surface area contributed by atoms with E-state index in [0.717, 1.165) is 29.9 Å². The van der Waals surface area contributed by atoms with Crippen LogP contribution >= 0.6 is 0 Å². The Balaban J connectivity index is 1.94. The second-order valence-corrected chi connectivity index (χ2v) is 6.95. The number of hydrogen-bond donors (Lipinski definition) is 0. The van der Waals surface area contributed by atoms with Crippen LogP contribution in [-0.2, 0) is 15.5 Å². The molecule has 0 aromatic heterocycles. The van der Waals surface area contributed by atoms with Crippen LogP contribution in [0.15, 0.2) is 36.6 Å². The highest BCUT2D eigenvalue weighted by molar-refractivity contribution is 7.85. The molecule has 104 valence electrons. The topological polar surface area (TPSA) is 26.3 Å². The average Bonchev–Trinajstić information content (AvgIpc) is 2.82. The van der Waals surface area contributed by atoms with E-state index in [-0.39, 0.29) is 5.41 Å². The lowest BCUT2D eigenvalue weighted by molar-refractivity contribution is 0.125. The van der Waals surface area contributed by atoms with Crippen molar-refractivity contribution < 1.29 is 8.95 Å². The molecule has 1 fully saturated rings. The fourth-order valence-corrected chi connectivity index (χ4v) is 4.34. The van der Waals surface area contributed by atoms with E-state index in [9.17, 15) is 4.21 Å². The van der Waals surface area contributed by atoms with Crippen LogP contribution in [0, 0.1) is 5.41 Å². The van der Waals surface area contributed by atoms with Gasteiger partial charge in [0.2, 0.25) is 0 Å². The molecule has 0 bridgehead atoms. The quantitative estimate of drug-likeness (QED) is 0.769. The predicted octanol–water partition coefficient (Wildman–Crippen LogP) is 3.61. The molecule has 1 aliphatic heterocycles. The van der Waals surface area contributed by atoms with Crippen molar-refractivity contribution >= 4 is 16.4 Å². The standard InChI is InChI=1S/C16H22O2S/c1-3-16(9-10-19(17)13-16)12-18-11-14(2)15-7-5-4-6-8-15/h4-8,11H,3,9-10,12-13H2,1-2H3/b14-11-. The maximum atomic E-state index is 11.6. The van der Waals surface area contributed by atoms with Crippen molar-refractivity contribution in [3.05, 3.63) is 42.2 Å². The van der Waals surface area contributed by atoms with Gasteiger partial charge in [0.1, 0.15) is 0 Å². The van der Waals surface area contributed by atoms with E-state index in [1.54, 1.807) is 0 Å². The highest BCUT2D eigenvalue weighted by Crippen LogP contribution is 2.34. The van der Waals surface area contributed by atoms with Gasteiger partial charge < -0.3 is 4.74 Å². The normalized spacial score (nSPS) is 27.5. The van der Waals surface area contributed by atoms with Crippen molar-refractivity contribution in [1.29, 1.82) is 0 Å².